The Bertz CT molecular complexity index is 245. The van der Waals surface area contributed by atoms with Gasteiger partial charge in [0.15, 0.2) is 0 Å². The average molecular weight is 243 g/mol. The van der Waals surface area contributed by atoms with Crippen LogP contribution in [0.3, 0.4) is 0 Å². The van der Waals surface area contributed by atoms with Gasteiger partial charge in [0, 0.05) is 5.92 Å². The van der Waals surface area contributed by atoms with Crippen LogP contribution in [0.5, 0.6) is 0 Å². The Morgan fingerprint density at radius 3 is 2.59 bits per heavy atom. The second kappa shape index (κ2) is 6.97. The summed E-state index contributed by atoms with van der Waals surface area (Å²) in [6, 6.07) is -0.477. The lowest BCUT2D eigenvalue weighted by molar-refractivity contribution is -0.155. The molecule has 0 aromatic rings. The third kappa shape index (κ3) is 4.28. The topological polar surface area (TPSA) is 58.6 Å². The minimum atomic E-state index is -0.772. The molecule has 4 nitrogen and oxygen atoms in total. The van der Waals surface area contributed by atoms with Crippen molar-refractivity contribution in [3.8, 4) is 0 Å². The van der Waals surface area contributed by atoms with Crippen LogP contribution in [-0.2, 0) is 9.53 Å². The maximum Gasteiger partial charge on any atom is 0.321 e. The van der Waals surface area contributed by atoms with E-state index in [0.29, 0.717) is 0 Å². The predicted molar refractivity (Wildman–Crippen MR) is 66.8 cm³/mol. The van der Waals surface area contributed by atoms with Crippen LogP contribution in [0.25, 0.3) is 0 Å². The number of carbonyl (C=O) groups is 1. The lowest BCUT2D eigenvalue weighted by atomic mass is 9.94. The first-order valence-electron chi connectivity index (χ1n) is 6.70. The number of rotatable bonds is 6. The van der Waals surface area contributed by atoms with Crippen LogP contribution >= 0.6 is 0 Å². The molecule has 1 fully saturated rings. The summed E-state index contributed by atoms with van der Waals surface area (Å²) >= 11 is 0. The van der Waals surface area contributed by atoms with E-state index >= 15 is 0 Å². The van der Waals surface area contributed by atoms with Gasteiger partial charge in [0.1, 0.15) is 12.3 Å². The number of aliphatic carboxylic acids is 1. The van der Waals surface area contributed by atoms with E-state index in [1.54, 1.807) is 0 Å². The van der Waals surface area contributed by atoms with E-state index < -0.39 is 12.0 Å². The monoisotopic (exact) mass is 243 g/mol. The van der Waals surface area contributed by atoms with Crippen LogP contribution in [0.2, 0.25) is 0 Å². The van der Waals surface area contributed by atoms with Crippen molar-refractivity contribution in [3.63, 3.8) is 0 Å². The van der Waals surface area contributed by atoms with Gasteiger partial charge in [-0.05, 0) is 19.8 Å². The van der Waals surface area contributed by atoms with E-state index in [4.69, 9.17) is 9.84 Å². The fourth-order valence-electron chi connectivity index (χ4n) is 2.25. The summed E-state index contributed by atoms with van der Waals surface area (Å²) in [5.74, 6) is -0.759. The third-order valence-corrected chi connectivity index (χ3v) is 3.60. The molecular formula is C13H25NO3. The summed E-state index contributed by atoms with van der Waals surface area (Å²) in [6.45, 7) is 6.06. The van der Waals surface area contributed by atoms with E-state index in [2.05, 4.69) is 12.2 Å². The molecule has 0 amide bonds. The molecule has 0 spiro atoms. The number of unbranched alkanes of at least 4 members (excludes halogenated alkanes) is 3. The fourth-order valence-corrected chi connectivity index (χ4v) is 2.25. The zero-order valence-electron chi connectivity index (χ0n) is 11.1. The smallest absolute Gasteiger partial charge is 0.321 e. The quantitative estimate of drug-likeness (QED) is 0.703. The van der Waals surface area contributed by atoms with Gasteiger partial charge >= 0.3 is 5.97 Å². The number of ether oxygens (including phenoxy) is 1. The van der Waals surface area contributed by atoms with E-state index in [0.717, 1.165) is 12.8 Å². The molecule has 1 aliphatic heterocycles. The Kier molecular flexibility index (Phi) is 5.92. The molecule has 100 valence electrons. The predicted octanol–water partition coefficient (Wildman–Crippen LogP) is 2.38. The number of carboxylic acids is 1. The lowest BCUT2D eigenvalue weighted by Gasteiger charge is -2.38. The van der Waals surface area contributed by atoms with Crippen molar-refractivity contribution in [2.75, 3.05) is 0 Å². The van der Waals surface area contributed by atoms with Crippen LogP contribution in [0, 0.1) is 5.92 Å². The Morgan fingerprint density at radius 2 is 2.00 bits per heavy atom. The van der Waals surface area contributed by atoms with Crippen molar-refractivity contribution in [3.05, 3.63) is 0 Å². The molecule has 1 saturated heterocycles. The zero-order valence-corrected chi connectivity index (χ0v) is 11.1. The second-order valence-electron chi connectivity index (χ2n) is 5.02. The Morgan fingerprint density at radius 1 is 1.29 bits per heavy atom. The summed E-state index contributed by atoms with van der Waals surface area (Å²) in [4.78, 5) is 11.1. The summed E-state index contributed by atoms with van der Waals surface area (Å²) in [5.41, 5.74) is 0. The SMILES string of the molecule is CCCCCCC1NC(C(=O)O)C(C)C(C)O1. The van der Waals surface area contributed by atoms with Gasteiger partial charge < -0.3 is 9.84 Å². The summed E-state index contributed by atoms with van der Waals surface area (Å²) in [6.07, 6.45) is 5.55. The number of carboxylic acid groups (broad SMARTS) is 1. The molecule has 4 heteroatoms. The minimum absolute atomic E-state index is 0.00789. The highest BCUT2D eigenvalue weighted by Gasteiger charge is 2.36. The number of hydrogen-bond donors (Lipinski definition) is 2. The number of hydrogen-bond acceptors (Lipinski definition) is 3. The molecule has 4 unspecified atom stereocenters. The van der Waals surface area contributed by atoms with Crippen LogP contribution in [-0.4, -0.2) is 29.4 Å². The normalized spacial score (nSPS) is 33.6. The molecule has 4 atom stereocenters. The molecule has 2 N–H and O–H groups in total. The molecule has 0 saturated carbocycles. The van der Waals surface area contributed by atoms with Crippen LogP contribution in [0.1, 0.15) is 52.9 Å². The highest BCUT2D eigenvalue weighted by atomic mass is 16.5. The highest BCUT2D eigenvalue weighted by molar-refractivity contribution is 5.74. The van der Waals surface area contributed by atoms with Gasteiger partial charge in [-0.25, -0.2) is 0 Å². The average Bonchev–Trinajstić information content (AvgIpc) is 2.28. The molecule has 0 radical (unpaired) electrons. The van der Waals surface area contributed by atoms with E-state index in [-0.39, 0.29) is 18.2 Å². The van der Waals surface area contributed by atoms with Gasteiger partial charge in [0.05, 0.1) is 6.10 Å². The largest absolute Gasteiger partial charge is 0.480 e. The van der Waals surface area contributed by atoms with Crippen molar-refractivity contribution >= 4 is 5.97 Å². The zero-order chi connectivity index (χ0) is 12.8. The molecular weight excluding hydrogens is 218 g/mol. The summed E-state index contributed by atoms with van der Waals surface area (Å²) < 4.78 is 5.78. The number of nitrogens with one attached hydrogen (secondary N) is 1. The van der Waals surface area contributed by atoms with Crippen molar-refractivity contribution in [1.29, 1.82) is 0 Å². The molecule has 0 bridgehead atoms. The van der Waals surface area contributed by atoms with Crippen LogP contribution in [0.15, 0.2) is 0 Å². The van der Waals surface area contributed by atoms with Gasteiger partial charge in [0.2, 0.25) is 0 Å². The molecule has 1 heterocycles. The van der Waals surface area contributed by atoms with Gasteiger partial charge in [-0.15, -0.1) is 0 Å². The first kappa shape index (κ1) is 14.5. The van der Waals surface area contributed by atoms with Crippen molar-refractivity contribution in [2.45, 2.75) is 71.2 Å². The van der Waals surface area contributed by atoms with E-state index in [1.807, 2.05) is 13.8 Å². The summed E-state index contributed by atoms with van der Waals surface area (Å²) in [7, 11) is 0. The van der Waals surface area contributed by atoms with Crippen molar-refractivity contribution in [1.82, 2.24) is 5.32 Å². The maximum atomic E-state index is 11.1. The second-order valence-corrected chi connectivity index (χ2v) is 5.02. The summed E-state index contributed by atoms with van der Waals surface area (Å²) in [5, 5.41) is 12.2. The molecule has 0 aliphatic carbocycles. The van der Waals surface area contributed by atoms with E-state index in [1.165, 1.54) is 19.3 Å². The van der Waals surface area contributed by atoms with Gasteiger partial charge in [-0.2, -0.15) is 0 Å². The van der Waals surface area contributed by atoms with Gasteiger partial charge in [-0.1, -0.05) is 33.1 Å². The lowest BCUT2D eigenvalue weighted by Crippen LogP contribution is -2.57. The molecule has 1 rings (SSSR count). The third-order valence-electron chi connectivity index (χ3n) is 3.60. The first-order chi connectivity index (χ1) is 8.06. The maximum absolute atomic E-state index is 11.1. The first-order valence-corrected chi connectivity index (χ1v) is 6.70. The van der Waals surface area contributed by atoms with Gasteiger partial charge in [-0.3, -0.25) is 10.1 Å². The molecule has 0 aromatic carbocycles. The molecule has 17 heavy (non-hydrogen) atoms. The van der Waals surface area contributed by atoms with Crippen molar-refractivity contribution < 1.29 is 14.6 Å². The van der Waals surface area contributed by atoms with Crippen LogP contribution < -0.4 is 5.32 Å². The molecule has 1 aliphatic rings. The minimum Gasteiger partial charge on any atom is -0.480 e. The highest BCUT2D eigenvalue weighted by Crippen LogP contribution is 2.22. The molecule has 0 aromatic heterocycles. The standard InChI is InChI=1S/C13H25NO3/c1-4-5-6-7-8-11-14-12(13(15)16)9(2)10(3)17-11/h9-12,14H,4-8H2,1-3H3,(H,15,16). The Hall–Kier alpha value is -0.610. The van der Waals surface area contributed by atoms with E-state index in [9.17, 15) is 4.79 Å². The Balaban J connectivity index is 2.39. The Labute approximate surface area is 104 Å². The van der Waals surface area contributed by atoms with Crippen molar-refractivity contribution in [2.24, 2.45) is 5.92 Å². The van der Waals surface area contributed by atoms with Crippen LogP contribution in [0.4, 0.5) is 0 Å². The van der Waals surface area contributed by atoms with Gasteiger partial charge in [0.25, 0.3) is 0 Å². The fraction of sp³-hybridized carbons (Fsp3) is 0.923.